The molecule has 3 aromatic carbocycles. The zero-order valence-electron chi connectivity index (χ0n) is 12.9. The first-order valence-corrected chi connectivity index (χ1v) is 7.66. The quantitative estimate of drug-likeness (QED) is 0.688. The third-order valence-corrected chi connectivity index (χ3v) is 3.87. The Morgan fingerprint density at radius 1 is 0.818 bits per heavy atom. The monoisotopic (exact) mass is 291 g/mol. The van der Waals surface area contributed by atoms with Gasteiger partial charge in [0.05, 0.1) is 7.11 Å². The van der Waals surface area contributed by atoms with Gasteiger partial charge in [-0.25, -0.2) is 0 Å². The Labute approximate surface area is 131 Å². The van der Waals surface area contributed by atoms with Gasteiger partial charge < -0.3 is 10.1 Å². The number of hydrogen-bond acceptors (Lipinski definition) is 2. The smallest absolute Gasteiger partial charge is 0.119 e. The van der Waals surface area contributed by atoms with Gasteiger partial charge in [-0.3, -0.25) is 0 Å². The number of rotatable bonds is 6. The predicted octanol–water partition coefficient (Wildman–Crippen LogP) is 4.18. The molecule has 112 valence electrons. The first kappa shape index (κ1) is 14.6. The molecule has 1 N–H and O–H groups in total. The molecule has 0 bridgehead atoms. The molecule has 0 atom stereocenters. The Kier molecular flexibility index (Phi) is 4.71. The summed E-state index contributed by atoms with van der Waals surface area (Å²) >= 11 is 0. The molecule has 3 aromatic rings. The maximum atomic E-state index is 5.25. The summed E-state index contributed by atoms with van der Waals surface area (Å²) in [6, 6.07) is 23.4. The summed E-state index contributed by atoms with van der Waals surface area (Å²) in [5.41, 5.74) is 2.62. The average molecular weight is 291 g/mol. The summed E-state index contributed by atoms with van der Waals surface area (Å²) in [6.45, 7) is 1.86. The van der Waals surface area contributed by atoms with Crippen LogP contribution in [0.3, 0.4) is 0 Å². The van der Waals surface area contributed by atoms with Crippen molar-refractivity contribution in [3.63, 3.8) is 0 Å². The van der Waals surface area contributed by atoms with E-state index in [0.717, 1.165) is 25.3 Å². The van der Waals surface area contributed by atoms with Crippen LogP contribution in [0.4, 0.5) is 0 Å². The Hall–Kier alpha value is -2.32. The van der Waals surface area contributed by atoms with Crippen LogP contribution in [-0.4, -0.2) is 13.7 Å². The number of ether oxygens (including phenoxy) is 1. The number of methoxy groups -OCH3 is 1. The van der Waals surface area contributed by atoms with Crippen LogP contribution in [0, 0.1) is 0 Å². The summed E-state index contributed by atoms with van der Waals surface area (Å²) < 4.78 is 5.25. The Morgan fingerprint density at radius 2 is 1.68 bits per heavy atom. The lowest BCUT2D eigenvalue weighted by molar-refractivity contribution is 0.414. The Morgan fingerprint density at radius 3 is 2.55 bits per heavy atom. The van der Waals surface area contributed by atoms with Gasteiger partial charge in [-0.1, -0.05) is 48.5 Å². The van der Waals surface area contributed by atoms with Crippen molar-refractivity contribution < 1.29 is 4.74 Å². The highest BCUT2D eigenvalue weighted by Crippen LogP contribution is 2.16. The lowest BCUT2D eigenvalue weighted by Gasteiger charge is -2.07. The highest BCUT2D eigenvalue weighted by atomic mass is 16.5. The first-order chi connectivity index (χ1) is 10.8. The van der Waals surface area contributed by atoms with Crippen molar-refractivity contribution in [2.24, 2.45) is 0 Å². The minimum atomic E-state index is 0.898. The van der Waals surface area contributed by atoms with Gasteiger partial charge in [0.25, 0.3) is 0 Å². The second-order valence-electron chi connectivity index (χ2n) is 5.46. The fourth-order valence-electron chi connectivity index (χ4n) is 2.64. The number of hydrogen-bond donors (Lipinski definition) is 1. The molecule has 2 nitrogen and oxygen atoms in total. The van der Waals surface area contributed by atoms with E-state index < -0.39 is 0 Å². The molecule has 3 rings (SSSR count). The van der Waals surface area contributed by atoms with Crippen molar-refractivity contribution in [3.05, 3.63) is 77.9 Å². The number of benzene rings is 3. The van der Waals surface area contributed by atoms with Crippen LogP contribution in [0.15, 0.2) is 66.7 Å². The van der Waals surface area contributed by atoms with Gasteiger partial charge in [-0.05, 0) is 53.1 Å². The second kappa shape index (κ2) is 7.10. The van der Waals surface area contributed by atoms with Crippen molar-refractivity contribution in [2.45, 2.75) is 13.0 Å². The van der Waals surface area contributed by atoms with Gasteiger partial charge in [0, 0.05) is 6.54 Å². The molecular formula is C20H21NO. The fourth-order valence-corrected chi connectivity index (χ4v) is 2.64. The summed E-state index contributed by atoms with van der Waals surface area (Å²) in [5, 5.41) is 6.11. The highest BCUT2D eigenvalue weighted by Gasteiger charge is 1.98. The van der Waals surface area contributed by atoms with E-state index in [1.807, 2.05) is 12.1 Å². The lowest BCUT2D eigenvalue weighted by atomic mass is 10.1. The van der Waals surface area contributed by atoms with E-state index in [1.165, 1.54) is 21.9 Å². The minimum Gasteiger partial charge on any atom is -0.497 e. The van der Waals surface area contributed by atoms with E-state index in [9.17, 15) is 0 Å². The summed E-state index contributed by atoms with van der Waals surface area (Å²) in [6.07, 6.45) is 1.00. The molecule has 0 unspecified atom stereocenters. The summed E-state index contributed by atoms with van der Waals surface area (Å²) in [7, 11) is 1.71. The van der Waals surface area contributed by atoms with Crippen LogP contribution in [0.1, 0.15) is 11.1 Å². The van der Waals surface area contributed by atoms with Crippen LogP contribution >= 0.6 is 0 Å². The van der Waals surface area contributed by atoms with Gasteiger partial charge in [-0.15, -0.1) is 0 Å². The normalized spacial score (nSPS) is 10.8. The molecule has 0 saturated heterocycles. The van der Waals surface area contributed by atoms with Crippen molar-refractivity contribution in [3.8, 4) is 5.75 Å². The molecule has 0 radical (unpaired) electrons. The highest BCUT2D eigenvalue weighted by molar-refractivity contribution is 5.82. The average Bonchev–Trinajstić information content (AvgIpc) is 2.59. The molecule has 0 amide bonds. The van der Waals surface area contributed by atoms with Crippen molar-refractivity contribution in [2.75, 3.05) is 13.7 Å². The molecular weight excluding hydrogens is 270 g/mol. The molecule has 2 heteroatoms. The number of fused-ring (bicyclic) bond motifs is 1. The SMILES string of the molecule is COc1cccc(CCNCc2ccc3ccccc3c2)c1. The van der Waals surface area contributed by atoms with Crippen LogP contribution < -0.4 is 10.1 Å². The standard InChI is InChI=1S/C20H21NO/c1-22-20-8-4-5-16(14-20)11-12-21-15-17-9-10-18-6-2-3-7-19(18)13-17/h2-10,13-14,21H,11-12,15H2,1H3. The van der Waals surface area contributed by atoms with Crippen molar-refractivity contribution >= 4 is 10.8 Å². The molecule has 0 fully saturated rings. The lowest BCUT2D eigenvalue weighted by Crippen LogP contribution is -2.16. The maximum absolute atomic E-state index is 5.25. The van der Waals surface area contributed by atoms with Gasteiger partial charge in [0.2, 0.25) is 0 Å². The van der Waals surface area contributed by atoms with Crippen LogP contribution in [-0.2, 0) is 13.0 Å². The largest absolute Gasteiger partial charge is 0.497 e. The zero-order chi connectivity index (χ0) is 15.2. The van der Waals surface area contributed by atoms with Crippen LogP contribution in [0.25, 0.3) is 10.8 Å². The van der Waals surface area contributed by atoms with E-state index >= 15 is 0 Å². The molecule has 0 heterocycles. The molecule has 22 heavy (non-hydrogen) atoms. The Balaban J connectivity index is 1.53. The zero-order valence-corrected chi connectivity index (χ0v) is 12.9. The topological polar surface area (TPSA) is 21.3 Å². The van der Waals surface area contributed by atoms with Gasteiger partial charge in [0.15, 0.2) is 0 Å². The molecule has 0 aliphatic rings. The summed E-state index contributed by atoms with van der Waals surface area (Å²) in [4.78, 5) is 0. The number of nitrogens with one attached hydrogen (secondary N) is 1. The minimum absolute atomic E-state index is 0.898. The van der Waals surface area contributed by atoms with E-state index in [1.54, 1.807) is 7.11 Å². The van der Waals surface area contributed by atoms with E-state index in [-0.39, 0.29) is 0 Å². The van der Waals surface area contributed by atoms with Crippen molar-refractivity contribution in [1.29, 1.82) is 0 Å². The van der Waals surface area contributed by atoms with Gasteiger partial charge in [-0.2, -0.15) is 0 Å². The first-order valence-electron chi connectivity index (χ1n) is 7.66. The second-order valence-corrected chi connectivity index (χ2v) is 5.46. The Bertz CT molecular complexity index is 751. The predicted molar refractivity (Wildman–Crippen MR) is 92.4 cm³/mol. The molecule has 0 aliphatic heterocycles. The van der Waals surface area contributed by atoms with E-state index in [2.05, 4.69) is 59.9 Å². The van der Waals surface area contributed by atoms with E-state index in [0.29, 0.717) is 0 Å². The fraction of sp³-hybridized carbons (Fsp3) is 0.200. The third kappa shape index (κ3) is 3.66. The van der Waals surface area contributed by atoms with Crippen molar-refractivity contribution in [1.82, 2.24) is 5.32 Å². The van der Waals surface area contributed by atoms with E-state index in [4.69, 9.17) is 4.74 Å². The molecule has 0 spiro atoms. The maximum Gasteiger partial charge on any atom is 0.119 e. The third-order valence-electron chi connectivity index (χ3n) is 3.87. The molecule has 0 aliphatic carbocycles. The van der Waals surface area contributed by atoms with Gasteiger partial charge >= 0.3 is 0 Å². The van der Waals surface area contributed by atoms with Crippen LogP contribution in [0.2, 0.25) is 0 Å². The molecule has 0 aromatic heterocycles. The van der Waals surface area contributed by atoms with Crippen LogP contribution in [0.5, 0.6) is 5.75 Å². The summed E-state index contributed by atoms with van der Waals surface area (Å²) in [5.74, 6) is 0.923. The van der Waals surface area contributed by atoms with Gasteiger partial charge in [0.1, 0.15) is 5.75 Å². The molecule has 0 saturated carbocycles.